The number of halogens is 2. The summed E-state index contributed by atoms with van der Waals surface area (Å²) in [6, 6.07) is 1.99. The number of rotatable bonds is 4. The maximum absolute atomic E-state index is 5.95. The highest BCUT2D eigenvalue weighted by Gasteiger charge is 2.08. The second-order valence-corrected chi connectivity index (χ2v) is 5.97. The first-order chi connectivity index (χ1) is 10.1. The van der Waals surface area contributed by atoms with Crippen LogP contribution in [0.5, 0.6) is 0 Å². The topological polar surface area (TPSA) is 25.8 Å². The SMILES string of the molecule is C\C(=C/C=C(Cl)\C=C\Cl)c1csc(-c2cnccc2C)n1. The average molecular weight is 337 g/mol. The Labute approximate surface area is 138 Å². The van der Waals surface area contributed by atoms with E-state index in [2.05, 4.69) is 16.9 Å². The van der Waals surface area contributed by atoms with Crippen LogP contribution in [0, 0.1) is 6.92 Å². The second-order valence-electron chi connectivity index (χ2n) is 4.42. The van der Waals surface area contributed by atoms with E-state index < -0.39 is 0 Å². The lowest BCUT2D eigenvalue weighted by Crippen LogP contribution is -1.85. The van der Waals surface area contributed by atoms with Gasteiger partial charge in [0.05, 0.1) is 5.69 Å². The summed E-state index contributed by atoms with van der Waals surface area (Å²) in [4.78, 5) is 8.82. The van der Waals surface area contributed by atoms with Crippen molar-refractivity contribution in [2.45, 2.75) is 13.8 Å². The summed E-state index contributed by atoms with van der Waals surface area (Å²) in [5.74, 6) is 0. The zero-order valence-electron chi connectivity index (χ0n) is 11.7. The standard InChI is InChI=1S/C16H14Cl2N2S/c1-11-6-8-19-9-14(11)16-20-15(10-21-16)12(2)3-4-13(18)5-7-17/h3-10H,1-2H3/b7-5+,12-3+,13-4+. The van der Waals surface area contributed by atoms with Gasteiger partial charge in [0.25, 0.3) is 0 Å². The zero-order valence-corrected chi connectivity index (χ0v) is 14.0. The first-order valence-electron chi connectivity index (χ1n) is 6.29. The molecule has 2 rings (SSSR count). The van der Waals surface area contributed by atoms with E-state index >= 15 is 0 Å². The first kappa shape index (κ1) is 16.0. The van der Waals surface area contributed by atoms with Gasteiger partial charge in [-0.25, -0.2) is 4.98 Å². The number of thiazole rings is 1. The average Bonchev–Trinajstić information content (AvgIpc) is 2.95. The van der Waals surface area contributed by atoms with Crippen LogP contribution >= 0.6 is 34.5 Å². The lowest BCUT2D eigenvalue weighted by atomic mass is 10.2. The highest BCUT2D eigenvalue weighted by molar-refractivity contribution is 7.13. The van der Waals surface area contributed by atoms with Gasteiger partial charge in [-0.3, -0.25) is 4.98 Å². The lowest BCUT2D eigenvalue weighted by molar-refractivity contribution is 1.26. The smallest absolute Gasteiger partial charge is 0.125 e. The minimum absolute atomic E-state index is 0.572. The van der Waals surface area contributed by atoms with E-state index in [0.29, 0.717) is 5.03 Å². The molecule has 0 saturated carbocycles. The van der Waals surface area contributed by atoms with E-state index in [4.69, 9.17) is 23.2 Å². The third-order valence-electron chi connectivity index (χ3n) is 2.89. The van der Waals surface area contributed by atoms with Gasteiger partial charge in [0.1, 0.15) is 5.01 Å². The van der Waals surface area contributed by atoms with Crippen molar-refractivity contribution in [1.82, 2.24) is 9.97 Å². The van der Waals surface area contributed by atoms with E-state index in [9.17, 15) is 0 Å². The fraction of sp³-hybridized carbons (Fsp3) is 0.125. The quantitative estimate of drug-likeness (QED) is 0.660. The van der Waals surface area contributed by atoms with Crippen LogP contribution in [0.2, 0.25) is 0 Å². The van der Waals surface area contributed by atoms with Gasteiger partial charge in [0.15, 0.2) is 0 Å². The molecule has 0 atom stereocenters. The molecule has 0 aromatic carbocycles. The Bertz CT molecular complexity index is 715. The summed E-state index contributed by atoms with van der Waals surface area (Å²) >= 11 is 13.0. The molecule has 2 nitrogen and oxygen atoms in total. The van der Waals surface area contributed by atoms with Crippen LogP contribution in [0.15, 0.2) is 52.6 Å². The van der Waals surface area contributed by atoms with Crippen LogP contribution < -0.4 is 0 Å². The van der Waals surface area contributed by atoms with Crippen molar-refractivity contribution in [2.24, 2.45) is 0 Å². The van der Waals surface area contributed by atoms with Gasteiger partial charge in [0, 0.05) is 33.9 Å². The summed E-state index contributed by atoms with van der Waals surface area (Å²) in [5, 5.41) is 3.58. The third kappa shape index (κ3) is 4.27. The lowest BCUT2D eigenvalue weighted by Gasteiger charge is -1.99. The first-order valence-corrected chi connectivity index (χ1v) is 7.99. The molecule has 0 fully saturated rings. The van der Waals surface area contributed by atoms with Gasteiger partial charge < -0.3 is 0 Å². The largest absolute Gasteiger partial charge is 0.264 e. The Kier molecular flexibility index (Phi) is 5.74. The van der Waals surface area contributed by atoms with Gasteiger partial charge in [0.2, 0.25) is 0 Å². The van der Waals surface area contributed by atoms with Gasteiger partial charge in [-0.05, 0) is 43.2 Å². The molecule has 0 aliphatic rings. The molecule has 0 spiro atoms. The van der Waals surface area contributed by atoms with Crippen molar-refractivity contribution in [2.75, 3.05) is 0 Å². The molecule has 0 saturated heterocycles. The number of aryl methyl sites for hydroxylation is 1. The highest BCUT2D eigenvalue weighted by atomic mass is 35.5. The predicted octanol–water partition coefficient (Wildman–Crippen LogP) is 5.79. The normalized spacial score (nSPS) is 13.1. The summed E-state index contributed by atoms with van der Waals surface area (Å²) in [7, 11) is 0. The molecule has 21 heavy (non-hydrogen) atoms. The molecule has 0 N–H and O–H groups in total. The zero-order chi connectivity index (χ0) is 15.2. The fourth-order valence-corrected chi connectivity index (χ4v) is 2.95. The number of hydrogen-bond acceptors (Lipinski definition) is 3. The van der Waals surface area contributed by atoms with Crippen LogP contribution in [0.25, 0.3) is 16.1 Å². The molecule has 0 aliphatic heterocycles. The molecule has 0 radical (unpaired) electrons. The number of aromatic nitrogens is 2. The fourth-order valence-electron chi connectivity index (χ4n) is 1.67. The summed E-state index contributed by atoms with van der Waals surface area (Å²) in [5.41, 5.74) is 5.60. The molecule has 0 aliphatic carbocycles. The summed E-state index contributed by atoms with van der Waals surface area (Å²) in [6.07, 6.45) is 8.98. The van der Waals surface area contributed by atoms with Gasteiger partial charge in [-0.15, -0.1) is 11.3 Å². The maximum Gasteiger partial charge on any atom is 0.125 e. The van der Waals surface area contributed by atoms with Gasteiger partial charge >= 0.3 is 0 Å². The Hall–Kier alpha value is -1.42. The van der Waals surface area contributed by atoms with Gasteiger partial charge in [-0.1, -0.05) is 29.3 Å². The maximum atomic E-state index is 5.95. The molecule has 108 valence electrons. The van der Waals surface area contributed by atoms with Crippen molar-refractivity contribution in [1.29, 1.82) is 0 Å². The van der Waals surface area contributed by atoms with Crippen molar-refractivity contribution < 1.29 is 0 Å². The summed E-state index contributed by atoms with van der Waals surface area (Å²) in [6.45, 7) is 4.06. The van der Waals surface area contributed by atoms with E-state index in [1.807, 2.05) is 30.6 Å². The monoisotopic (exact) mass is 336 g/mol. The van der Waals surface area contributed by atoms with E-state index in [1.165, 1.54) is 11.1 Å². The van der Waals surface area contributed by atoms with Crippen molar-refractivity contribution in [3.05, 3.63) is 63.9 Å². The summed E-state index contributed by atoms with van der Waals surface area (Å²) < 4.78 is 0. The molecule has 5 heteroatoms. The van der Waals surface area contributed by atoms with Crippen LogP contribution in [0.4, 0.5) is 0 Å². The number of nitrogens with zero attached hydrogens (tertiary/aromatic N) is 2. The molecule has 2 aromatic heterocycles. The van der Waals surface area contributed by atoms with E-state index in [-0.39, 0.29) is 0 Å². The van der Waals surface area contributed by atoms with E-state index in [1.54, 1.807) is 29.7 Å². The Morgan fingerprint density at radius 1 is 1.33 bits per heavy atom. The highest BCUT2D eigenvalue weighted by Crippen LogP contribution is 2.28. The second kappa shape index (κ2) is 7.55. The van der Waals surface area contributed by atoms with E-state index in [0.717, 1.165) is 21.8 Å². The van der Waals surface area contributed by atoms with Crippen molar-refractivity contribution >= 4 is 40.1 Å². The molecule has 2 heterocycles. The van der Waals surface area contributed by atoms with Crippen LogP contribution in [0.1, 0.15) is 18.2 Å². The van der Waals surface area contributed by atoms with Crippen molar-refractivity contribution in [3.8, 4) is 10.6 Å². The van der Waals surface area contributed by atoms with Crippen LogP contribution in [-0.2, 0) is 0 Å². The number of hydrogen-bond donors (Lipinski definition) is 0. The van der Waals surface area contributed by atoms with Gasteiger partial charge in [-0.2, -0.15) is 0 Å². The molecule has 0 bridgehead atoms. The Morgan fingerprint density at radius 3 is 2.86 bits per heavy atom. The predicted molar refractivity (Wildman–Crippen MR) is 92.7 cm³/mol. The minimum atomic E-state index is 0.572. The molecule has 0 unspecified atom stereocenters. The van der Waals surface area contributed by atoms with Crippen molar-refractivity contribution in [3.63, 3.8) is 0 Å². The Morgan fingerprint density at radius 2 is 2.14 bits per heavy atom. The number of allylic oxidation sites excluding steroid dienone is 5. The molecular formula is C16H14Cl2N2S. The molecule has 0 amide bonds. The minimum Gasteiger partial charge on any atom is -0.264 e. The van der Waals surface area contributed by atoms with Crippen LogP contribution in [0.3, 0.4) is 0 Å². The molecule has 2 aromatic rings. The Balaban J connectivity index is 2.26. The number of pyridine rings is 1. The van der Waals surface area contributed by atoms with Crippen LogP contribution in [-0.4, -0.2) is 9.97 Å². The third-order valence-corrected chi connectivity index (χ3v) is 4.15. The molecular weight excluding hydrogens is 323 g/mol.